The Morgan fingerprint density at radius 2 is 2.23 bits per heavy atom. The number of rotatable bonds is 4. The fourth-order valence-corrected chi connectivity index (χ4v) is 0.585. The third-order valence-corrected chi connectivity index (χ3v) is 1.08. The van der Waals surface area contributed by atoms with Crippen molar-refractivity contribution in [3.8, 4) is 12.3 Å². The van der Waals surface area contributed by atoms with Gasteiger partial charge in [0.2, 0.25) is 0 Å². The van der Waals surface area contributed by atoms with E-state index in [-0.39, 0.29) is 0 Å². The molecule has 70 valence electrons. The topological polar surface area (TPSA) is 63.6 Å². The molecule has 0 rings (SSSR count). The largest absolute Gasteiger partial charge is 0.478 e. The van der Waals surface area contributed by atoms with Crippen LogP contribution in [0.25, 0.3) is 0 Å². The highest BCUT2D eigenvalue weighted by Crippen LogP contribution is 1.96. The second kappa shape index (κ2) is 5.84. The molecule has 1 N–H and O–H groups in total. The van der Waals surface area contributed by atoms with Gasteiger partial charge in [0.05, 0.1) is 0 Å². The number of terminal acetylenes is 1. The molecule has 1 atom stereocenters. The molecule has 0 saturated carbocycles. The number of carbonyl (C=O) groups excluding carboxylic acids is 1. The van der Waals surface area contributed by atoms with Crippen LogP contribution in [0.1, 0.15) is 13.3 Å². The number of carboxylic acid groups (broad SMARTS) is 1. The minimum atomic E-state index is -1.19. The molecule has 0 saturated heterocycles. The maximum atomic E-state index is 10.8. The summed E-state index contributed by atoms with van der Waals surface area (Å²) in [5.41, 5.74) is 0. The molecule has 0 aliphatic carbocycles. The zero-order valence-corrected chi connectivity index (χ0v) is 7.19. The monoisotopic (exact) mass is 182 g/mol. The Morgan fingerprint density at radius 3 is 2.69 bits per heavy atom. The van der Waals surface area contributed by atoms with Crippen LogP contribution >= 0.6 is 0 Å². The quantitative estimate of drug-likeness (QED) is 0.392. The van der Waals surface area contributed by atoms with E-state index >= 15 is 0 Å². The molecule has 0 aromatic rings. The lowest BCUT2D eigenvalue weighted by Gasteiger charge is -2.06. The van der Waals surface area contributed by atoms with Crippen molar-refractivity contribution in [2.75, 3.05) is 0 Å². The molecule has 13 heavy (non-hydrogen) atoms. The van der Waals surface area contributed by atoms with Crippen LogP contribution in [0.3, 0.4) is 0 Å². The fraction of sp³-hybridized carbons (Fsp3) is 0.333. The predicted octanol–water partition coefficient (Wildman–Crippen LogP) is 0.582. The van der Waals surface area contributed by atoms with Gasteiger partial charge in [-0.2, -0.15) is 0 Å². The van der Waals surface area contributed by atoms with Gasteiger partial charge in [0.15, 0.2) is 0 Å². The summed E-state index contributed by atoms with van der Waals surface area (Å²) in [5, 5.41) is 8.17. The van der Waals surface area contributed by atoms with Gasteiger partial charge in [-0.3, -0.25) is 0 Å². The number of ether oxygens (including phenoxy) is 1. The molecule has 0 aliphatic rings. The molecule has 4 nitrogen and oxygen atoms in total. The van der Waals surface area contributed by atoms with Crippen molar-refractivity contribution in [2.45, 2.75) is 19.4 Å². The van der Waals surface area contributed by atoms with Crippen LogP contribution in [0.15, 0.2) is 12.2 Å². The number of esters is 1. The second-order valence-corrected chi connectivity index (χ2v) is 2.33. The highest BCUT2D eigenvalue weighted by Gasteiger charge is 2.04. The molecule has 0 heterocycles. The van der Waals surface area contributed by atoms with E-state index in [4.69, 9.17) is 16.3 Å². The number of carboxylic acids is 1. The molecule has 0 radical (unpaired) electrons. The van der Waals surface area contributed by atoms with Crippen LogP contribution in [0.4, 0.5) is 0 Å². The van der Waals surface area contributed by atoms with Crippen molar-refractivity contribution in [2.24, 2.45) is 0 Å². The third kappa shape index (κ3) is 6.63. The maximum Gasteiger partial charge on any atom is 0.331 e. The van der Waals surface area contributed by atoms with E-state index in [1.807, 2.05) is 0 Å². The van der Waals surface area contributed by atoms with E-state index in [1.54, 1.807) is 6.92 Å². The predicted molar refractivity (Wildman–Crippen MR) is 45.8 cm³/mol. The van der Waals surface area contributed by atoms with Gasteiger partial charge in [0, 0.05) is 18.6 Å². The first-order chi connectivity index (χ1) is 6.06. The summed E-state index contributed by atoms with van der Waals surface area (Å²) in [4.78, 5) is 20.8. The zero-order chi connectivity index (χ0) is 10.3. The second-order valence-electron chi connectivity index (χ2n) is 2.33. The average molecular weight is 182 g/mol. The molecule has 4 heteroatoms. The van der Waals surface area contributed by atoms with Gasteiger partial charge in [-0.25, -0.2) is 9.59 Å². The number of aliphatic carboxylic acids is 1. The Hall–Kier alpha value is -1.76. The van der Waals surface area contributed by atoms with Gasteiger partial charge in [-0.05, 0) is 6.92 Å². The molecular weight excluding hydrogens is 172 g/mol. The van der Waals surface area contributed by atoms with Crippen molar-refractivity contribution in [1.82, 2.24) is 0 Å². The lowest BCUT2D eigenvalue weighted by atomic mass is 10.3. The maximum absolute atomic E-state index is 10.8. The van der Waals surface area contributed by atoms with E-state index in [2.05, 4.69) is 5.92 Å². The normalized spacial score (nSPS) is 12.0. The Kier molecular flexibility index (Phi) is 5.05. The minimum Gasteiger partial charge on any atom is -0.478 e. The summed E-state index contributed by atoms with van der Waals surface area (Å²) >= 11 is 0. The molecule has 0 spiro atoms. The minimum absolute atomic E-state index is 0.312. The van der Waals surface area contributed by atoms with Crippen LogP contribution in [0.2, 0.25) is 0 Å². The average Bonchev–Trinajstić information content (AvgIpc) is 2.01. The first-order valence-corrected chi connectivity index (χ1v) is 3.61. The molecule has 0 aromatic carbocycles. The molecule has 0 amide bonds. The summed E-state index contributed by atoms with van der Waals surface area (Å²) < 4.78 is 4.71. The Morgan fingerprint density at radius 1 is 1.62 bits per heavy atom. The van der Waals surface area contributed by atoms with E-state index in [0.717, 1.165) is 6.08 Å². The van der Waals surface area contributed by atoms with E-state index in [0.29, 0.717) is 12.5 Å². The summed E-state index contributed by atoms with van der Waals surface area (Å²) in [7, 11) is 0. The number of hydrogen-bond acceptors (Lipinski definition) is 3. The van der Waals surface area contributed by atoms with Crippen molar-refractivity contribution < 1.29 is 19.4 Å². The zero-order valence-electron chi connectivity index (χ0n) is 7.19. The smallest absolute Gasteiger partial charge is 0.331 e. The van der Waals surface area contributed by atoms with Gasteiger partial charge in [0.1, 0.15) is 6.10 Å². The Bertz CT molecular complexity index is 259. The van der Waals surface area contributed by atoms with Crippen LogP contribution < -0.4 is 0 Å². The highest BCUT2D eigenvalue weighted by atomic mass is 16.5. The lowest BCUT2D eigenvalue weighted by molar-refractivity contribution is -0.142. The van der Waals surface area contributed by atoms with Crippen molar-refractivity contribution >= 4 is 11.9 Å². The van der Waals surface area contributed by atoms with Gasteiger partial charge in [0.25, 0.3) is 0 Å². The molecular formula is C9H10O4. The Balaban J connectivity index is 3.88. The molecule has 0 bridgehead atoms. The molecule has 0 aliphatic heterocycles. The van der Waals surface area contributed by atoms with Crippen molar-refractivity contribution in [1.29, 1.82) is 0 Å². The van der Waals surface area contributed by atoms with E-state index in [9.17, 15) is 9.59 Å². The fourth-order valence-electron chi connectivity index (χ4n) is 0.585. The van der Waals surface area contributed by atoms with Crippen LogP contribution in [-0.4, -0.2) is 23.1 Å². The SMILES string of the molecule is C#CCC(C)OC(=O)/C=C/C(=O)O. The molecule has 0 fully saturated rings. The first kappa shape index (κ1) is 11.2. The summed E-state index contributed by atoms with van der Waals surface area (Å²) in [6.45, 7) is 1.63. The summed E-state index contributed by atoms with van der Waals surface area (Å²) in [6, 6.07) is 0. The summed E-state index contributed by atoms with van der Waals surface area (Å²) in [5.74, 6) is 0.423. The standard InChI is InChI=1S/C9H10O4/c1-3-4-7(2)13-9(12)6-5-8(10)11/h1,5-7H,4H2,2H3,(H,10,11)/b6-5+. The molecule has 1 unspecified atom stereocenters. The van der Waals surface area contributed by atoms with Gasteiger partial charge < -0.3 is 9.84 Å². The third-order valence-electron chi connectivity index (χ3n) is 1.08. The van der Waals surface area contributed by atoms with E-state index in [1.165, 1.54) is 0 Å². The number of hydrogen-bond donors (Lipinski definition) is 1. The van der Waals surface area contributed by atoms with Crippen molar-refractivity contribution in [3.05, 3.63) is 12.2 Å². The van der Waals surface area contributed by atoms with E-state index < -0.39 is 18.0 Å². The van der Waals surface area contributed by atoms with Crippen LogP contribution in [0, 0.1) is 12.3 Å². The van der Waals surface area contributed by atoms with Gasteiger partial charge in [-0.15, -0.1) is 12.3 Å². The van der Waals surface area contributed by atoms with Crippen LogP contribution in [0.5, 0.6) is 0 Å². The first-order valence-electron chi connectivity index (χ1n) is 3.61. The van der Waals surface area contributed by atoms with Crippen LogP contribution in [-0.2, 0) is 14.3 Å². The number of carbonyl (C=O) groups is 2. The highest BCUT2D eigenvalue weighted by molar-refractivity contribution is 5.90. The van der Waals surface area contributed by atoms with Gasteiger partial charge in [-0.1, -0.05) is 0 Å². The molecule has 0 aromatic heterocycles. The van der Waals surface area contributed by atoms with Crippen molar-refractivity contribution in [3.63, 3.8) is 0 Å². The Labute approximate surface area is 76.2 Å². The lowest BCUT2D eigenvalue weighted by Crippen LogP contribution is -2.12. The van der Waals surface area contributed by atoms with Gasteiger partial charge >= 0.3 is 11.9 Å². The summed E-state index contributed by atoms with van der Waals surface area (Å²) in [6.07, 6.45) is 6.45.